The fourth-order valence-corrected chi connectivity index (χ4v) is 3.86. The number of H-pyrrole nitrogens is 1. The number of esters is 2. The van der Waals surface area contributed by atoms with E-state index in [9.17, 15) is 9.59 Å². The fourth-order valence-electron chi connectivity index (χ4n) is 3.86. The number of dihydropyridines is 1. The first-order chi connectivity index (χ1) is 15.1. The Morgan fingerprint density at radius 2 is 1.38 bits per heavy atom. The minimum Gasteiger partial charge on any atom is -0.460 e. The summed E-state index contributed by atoms with van der Waals surface area (Å²) in [5, 5.41) is 10.5. The molecule has 0 amide bonds. The van der Waals surface area contributed by atoms with Gasteiger partial charge in [-0.25, -0.2) is 9.59 Å². The molecule has 0 atom stereocenters. The predicted octanol–water partition coefficient (Wildman–Crippen LogP) is 4.52. The summed E-state index contributed by atoms with van der Waals surface area (Å²) in [5.74, 6) is -1.65. The van der Waals surface area contributed by atoms with Crippen molar-refractivity contribution in [3.63, 3.8) is 0 Å². The number of aromatic nitrogens is 2. The van der Waals surface area contributed by atoms with Gasteiger partial charge in [0.25, 0.3) is 0 Å². The van der Waals surface area contributed by atoms with Crippen molar-refractivity contribution in [2.24, 2.45) is 0 Å². The molecule has 2 heterocycles. The molecule has 1 aliphatic heterocycles. The van der Waals surface area contributed by atoms with E-state index in [0.717, 1.165) is 11.1 Å². The van der Waals surface area contributed by atoms with Crippen LogP contribution >= 0.6 is 0 Å². The van der Waals surface area contributed by atoms with Crippen LogP contribution in [0.2, 0.25) is 0 Å². The maximum atomic E-state index is 13.2. The highest BCUT2D eigenvalue weighted by atomic mass is 16.5. The third kappa shape index (κ3) is 4.77. The summed E-state index contributed by atoms with van der Waals surface area (Å²) >= 11 is 0. The summed E-state index contributed by atoms with van der Waals surface area (Å²) in [5.41, 5.74) is 5.40. The minimum absolute atomic E-state index is 0.303. The van der Waals surface area contributed by atoms with E-state index in [0.29, 0.717) is 33.8 Å². The number of carbonyl (C=O) groups is 2. The number of carbonyl (C=O) groups excluding carboxylic acids is 2. The monoisotopic (exact) mass is 437 g/mol. The van der Waals surface area contributed by atoms with Crippen LogP contribution in [0.25, 0.3) is 11.3 Å². The van der Waals surface area contributed by atoms with E-state index in [1.54, 1.807) is 33.9 Å². The van der Waals surface area contributed by atoms with Gasteiger partial charge in [0.1, 0.15) is 0 Å². The zero-order valence-corrected chi connectivity index (χ0v) is 19.7. The Balaban J connectivity index is 2.20. The molecule has 1 aliphatic rings. The van der Waals surface area contributed by atoms with Gasteiger partial charge in [-0.05, 0) is 48.5 Å². The molecular formula is C25H31N3O4. The molecule has 0 radical (unpaired) electrons. The number of rotatable bonds is 6. The second kappa shape index (κ2) is 9.42. The van der Waals surface area contributed by atoms with Gasteiger partial charge in [0.2, 0.25) is 0 Å². The minimum atomic E-state index is -0.691. The second-order valence-electron chi connectivity index (χ2n) is 8.60. The highest BCUT2D eigenvalue weighted by molar-refractivity contribution is 6.00. The van der Waals surface area contributed by atoms with Crippen molar-refractivity contribution in [3.8, 4) is 11.3 Å². The normalized spacial score (nSPS) is 14.8. The van der Waals surface area contributed by atoms with Gasteiger partial charge in [-0.2, -0.15) is 5.10 Å². The molecule has 3 rings (SSSR count). The van der Waals surface area contributed by atoms with Gasteiger partial charge >= 0.3 is 11.9 Å². The summed E-state index contributed by atoms with van der Waals surface area (Å²) in [7, 11) is 0. The molecular weight excluding hydrogens is 406 g/mol. The van der Waals surface area contributed by atoms with Crippen LogP contribution in [0.3, 0.4) is 0 Å². The summed E-state index contributed by atoms with van der Waals surface area (Å²) in [4.78, 5) is 26.4. The highest BCUT2D eigenvalue weighted by Crippen LogP contribution is 2.42. The summed E-state index contributed by atoms with van der Waals surface area (Å²) < 4.78 is 11.1. The Bertz CT molecular complexity index is 1030. The van der Waals surface area contributed by atoms with Crippen molar-refractivity contribution in [2.75, 3.05) is 0 Å². The van der Waals surface area contributed by atoms with Crippen LogP contribution in [0.4, 0.5) is 0 Å². The Labute approximate surface area is 188 Å². The van der Waals surface area contributed by atoms with Crippen molar-refractivity contribution < 1.29 is 19.1 Å². The average molecular weight is 438 g/mol. The first-order valence-corrected chi connectivity index (χ1v) is 10.8. The molecule has 170 valence electrons. The molecule has 0 spiro atoms. The van der Waals surface area contributed by atoms with E-state index >= 15 is 0 Å². The largest absolute Gasteiger partial charge is 0.460 e. The number of aryl methyl sites for hydroxylation is 1. The number of aromatic amines is 1. The van der Waals surface area contributed by atoms with Crippen LogP contribution in [0.15, 0.2) is 53.0 Å². The van der Waals surface area contributed by atoms with Gasteiger partial charge in [-0.1, -0.05) is 29.8 Å². The van der Waals surface area contributed by atoms with Gasteiger partial charge in [0.15, 0.2) is 0 Å². The molecule has 7 nitrogen and oxygen atoms in total. The molecule has 0 saturated heterocycles. The first kappa shape index (κ1) is 23.3. The maximum absolute atomic E-state index is 13.2. The number of hydrogen-bond acceptors (Lipinski definition) is 6. The van der Waals surface area contributed by atoms with Crippen molar-refractivity contribution in [3.05, 3.63) is 64.1 Å². The lowest BCUT2D eigenvalue weighted by atomic mass is 9.79. The van der Waals surface area contributed by atoms with Crippen LogP contribution in [0.5, 0.6) is 0 Å². The van der Waals surface area contributed by atoms with Gasteiger partial charge in [0, 0.05) is 28.7 Å². The fraction of sp³-hybridized carbons (Fsp3) is 0.400. The van der Waals surface area contributed by atoms with Gasteiger partial charge < -0.3 is 14.8 Å². The lowest BCUT2D eigenvalue weighted by molar-refractivity contribution is -0.143. The molecule has 1 aromatic heterocycles. The number of hydrogen-bond donors (Lipinski definition) is 2. The zero-order valence-electron chi connectivity index (χ0n) is 19.7. The third-order valence-electron chi connectivity index (χ3n) is 5.19. The Morgan fingerprint density at radius 3 is 1.84 bits per heavy atom. The average Bonchev–Trinajstić information content (AvgIpc) is 3.16. The van der Waals surface area contributed by atoms with E-state index in [1.807, 2.05) is 45.0 Å². The van der Waals surface area contributed by atoms with Crippen molar-refractivity contribution in [1.82, 2.24) is 15.5 Å². The molecule has 0 aliphatic carbocycles. The van der Waals surface area contributed by atoms with E-state index < -0.39 is 17.9 Å². The smallest absolute Gasteiger partial charge is 0.337 e. The van der Waals surface area contributed by atoms with Gasteiger partial charge in [-0.15, -0.1) is 0 Å². The first-order valence-electron chi connectivity index (χ1n) is 10.8. The highest BCUT2D eigenvalue weighted by Gasteiger charge is 2.40. The topological polar surface area (TPSA) is 93.3 Å². The molecule has 0 fully saturated rings. The van der Waals surface area contributed by atoms with Gasteiger partial charge in [-0.3, -0.25) is 5.10 Å². The molecule has 0 bridgehead atoms. The van der Waals surface area contributed by atoms with Crippen LogP contribution in [0, 0.1) is 6.92 Å². The zero-order chi connectivity index (χ0) is 23.6. The van der Waals surface area contributed by atoms with Crippen molar-refractivity contribution in [1.29, 1.82) is 0 Å². The number of allylic oxidation sites excluding steroid dienone is 2. The Morgan fingerprint density at radius 1 is 0.875 bits per heavy atom. The van der Waals surface area contributed by atoms with E-state index in [-0.39, 0.29) is 12.2 Å². The Kier molecular flexibility index (Phi) is 6.87. The maximum Gasteiger partial charge on any atom is 0.337 e. The van der Waals surface area contributed by atoms with Gasteiger partial charge in [0.05, 0.1) is 35.0 Å². The number of nitrogens with zero attached hydrogens (tertiary/aromatic N) is 1. The van der Waals surface area contributed by atoms with Crippen LogP contribution in [-0.2, 0) is 19.1 Å². The van der Waals surface area contributed by atoms with Crippen molar-refractivity contribution >= 4 is 11.9 Å². The molecule has 32 heavy (non-hydrogen) atoms. The SMILES string of the molecule is CC1=C(C(=O)OC(C)C)C(c2c[nH]nc2-c2ccc(C)cc2)C(C(=O)OC(C)C)=C(C)N1. The van der Waals surface area contributed by atoms with Crippen LogP contribution < -0.4 is 5.32 Å². The second-order valence-corrected chi connectivity index (χ2v) is 8.60. The van der Waals surface area contributed by atoms with E-state index in [4.69, 9.17) is 9.47 Å². The lowest BCUT2D eigenvalue weighted by Gasteiger charge is -2.31. The van der Waals surface area contributed by atoms with Crippen molar-refractivity contribution in [2.45, 2.75) is 66.6 Å². The number of ether oxygens (including phenoxy) is 2. The molecule has 0 saturated carbocycles. The summed E-state index contributed by atoms with van der Waals surface area (Å²) in [6.07, 6.45) is 1.13. The molecule has 7 heteroatoms. The molecule has 2 N–H and O–H groups in total. The molecule has 0 unspecified atom stereocenters. The standard InChI is InChI=1S/C25H31N3O4/c1-13(2)31-24(29)20-16(6)27-17(7)21(25(30)32-14(3)4)22(20)19-12-26-28-23(19)18-10-8-15(5)9-11-18/h8-14,22,27H,1-7H3,(H,26,28). The quantitative estimate of drug-likeness (QED) is 0.645. The number of nitrogens with one attached hydrogen (secondary N) is 2. The van der Waals surface area contributed by atoms with E-state index in [2.05, 4.69) is 15.5 Å². The predicted molar refractivity (Wildman–Crippen MR) is 122 cm³/mol. The molecule has 1 aromatic carbocycles. The third-order valence-corrected chi connectivity index (χ3v) is 5.19. The number of benzene rings is 1. The van der Waals surface area contributed by atoms with E-state index in [1.165, 1.54) is 0 Å². The summed E-state index contributed by atoms with van der Waals surface area (Å²) in [6.45, 7) is 12.8. The van der Waals surface area contributed by atoms with Crippen LogP contribution in [0.1, 0.15) is 58.6 Å². The Hall–Kier alpha value is -3.35. The van der Waals surface area contributed by atoms with Crippen LogP contribution in [-0.4, -0.2) is 34.3 Å². The lowest BCUT2D eigenvalue weighted by Crippen LogP contribution is -2.33. The molecule has 2 aromatic rings. The summed E-state index contributed by atoms with van der Waals surface area (Å²) in [6, 6.07) is 7.95.